The van der Waals surface area contributed by atoms with Crippen molar-refractivity contribution < 1.29 is 13.2 Å². The van der Waals surface area contributed by atoms with Gasteiger partial charge in [-0.15, -0.1) is 0 Å². The van der Waals surface area contributed by atoms with Gasteiger partial charge in [0.25, 0.3) is 0 Å². The molecule has 1 aromatic carbocycles. The first kappa shape index (κ1) is 12.4. The van der Waals surface area contributed by atoms with Crippen LogP contribution in [0.2, 0.25) is 0 Å². The van der Waals surface area contributed by atoms with Gasteiger partial charge in [-0.25, -0.2) is 0 Å². The summed E-state index contributed by atoms with van der Waals surface area (Å²) in [5.41, 5.74) is 7.01. The minimum Gasteiger partial charge on any atom is -0.398 e. The predicted molar refractivity (Wildman–Crippen MR) is 63.8 cm³/mol. The normalized spacial score (nSPS) is 11.6. The van der Waals surface area contributed by atoms with Crippen LogP contribution in [0, 0.1) is 6.92 Å². The van der Waals surface area contributed by atoms with Gasteiger partial charge in [-0.3, -0.25) is 4.98 Å². The lowest BCUT2D eigenvalue weighted by Gasteiger charge is -2.11. The molecule has 2 rings (SSSR count). The topological polar surface area (TPSA) is 38.9 Å². The number of alkyl halides is 3. The van der Waals surface area contributed by atoms with E-state index in [0.29, 0.717) is 16.8 Å². The number of halogens is 3. The van der Waals surface area contributed by atoms with Gasteiger partial charge in [0.2, 0.25) is 0 Å². The summed E-state index contributed by atoms with van der Waals surface area (Å²) >= 11 is 0. The van der Waals surface area contributed by atoms with Crippen LogP contribution >= 0.6 is 0 Å². The van der Waals surface area contributed by atoms with Gasteiger partial charge in [-0.1, -0.05) is 6.07 Å². The van der Waals surface area contributed by atoms with E-state index in [4.69, 9.17) is 5.73 Å². The predicted octanol–water partition coefficient (Wildman–Crippen LogP) is 3.66. The van der Waals surface area contributed by atoms with Crippen LogP contribution in [0.15, 0.2) is 36.5 Å². The molecule has 0 radical (unpaired) electrons. The van der Waals surface area contributed by atoms with Crippen LogP contribution < -0.4 is 5.73 Å². The van der Waals surface area contributed by atoms with Gasteiger partial charge >= 0.3 is 6.18 Å². The third-order valence-electron chi connectivity index (χ3n) is 2.60. The van der Waals surface area contributed by atoms with E-state index >= 15 is 0 Å². The Morgan fingerprint density at radius 1 is 1.11 bits per heavy atom. The first-order chi connectivity index (χ1) is 8.38. The van der Waals surface area contributed by atoms with Crippen LogP contribution in [-0.2, 0) is 6.18 Å². The van der Waals surface area contributed by atoms with Gasteiger partial charge in [-0.2, -0.15) is 13.2 Å². The number of benzene rings is 1. The summed E-state index contributed by atoms with van der Waals surface area (Å²) in [5, 5.41) is 0. The van der Waals surface area contributed by atoms with Crippen LogP contribution in [0.25, 0.3) is 11.1 Å². The number of anilines is 1. The van der Waals surface area contributed by atoms with E-state index in [1.165, 1.54) is 12.3 Å². The van der Waals surface area contributed by atoms with E-state index in [-0.39, 0.29) is 0 Å². The molecule has 0 atom stereocenters. The fourth-order valence-electron chi connectivity index (χ4n) is 1.61. The number of nitrogen functional groups attached to an aromatic ring is 1. The second-order valence-corrected chi connectivity index (χ2v) is 3.99. The molecule has 0 unspecified atom stereocenters. The summed E-state index contributed by atoms with van der Waals surface area (Å²) in [6.45, 7) is 1.80. The van der Waals surface area contributed by atoms with Crippen LogP contribution in [0.4, 0.5) is 18.9 Å². The summed E-state index contributed by atoms with van der Waals surface area (Å²) < 4.78 is 37.9. The monoisotopic (exact) mass is 252 g/mol. The molecular formula is C13H11F3N2. The van der Waals surface area contributed by atoms with E-state index in [9.17, 15) is 13.2 Å². The molecule has 0 amide bonds. The SMILES string of the molecule is Cc1ccc(-c2cc(C(F)(F)F)ccc2N)cn1. The zero-order valence-electron chi connectivity index (χ0n) is 9.62. The molecule has 2 N–H and O–H groups in total. The van der Waals surface area contributed by atoms with Crippen molar-refractivity contribution in [2.24, 2.45) is 0 Å². The first-order valence-corrected chi connectivity index (χ1v) is 5.27. The zero-order valence-corrected chi connectivity index (χ0v) is 9.62. The first-order valence-electron chi connectivity index (χ1n) is 5.27. The Labute approximate surface area is 102 Å². The summed E-state index contributed by atoms with van der Waals surface area (Å²) in [5.74, 6) is 0. The molecular weight excluding hydrogens is 241 g/mol. The van der Waals surface area contributed by atoms with E-state index in [2.05, 4.69) is 4.98 Å². The third kappa shape index (κ3) is 2.45. The van der Waals surface area contributed by atoms with Crippen molar-refractivity contribution in [2.75, 3.05) is 5.73 Å². The molecule has 1 heterocycles. The van der Waals surface area contributed by atoms with Crippen molar-refractivity contribution in [3.8, 4) is 11.1 Å². The minimum absolute atomic E-state index is 0.300. The Morgan fingerprint density at radius 3 is 2.39 bits per heavy atom. The molecule has 0 saturated carbocycles. The van der Waals surface area contributed by atoms with Crippen molar-refractivity contribution in [3.05, 3.63) is 47.8 Å². The third-order valence-corrected chi connectivity index (χ3v) is 2.60. The number of hydrogen-bond acceptors (Lipinski definition) is 2. The fraction of sp³-hybridized carbons (Fsp3) is 0.154. The smallest absolute Gasteiger partial charge is 0.398 e. The average Bonchev–Trinajstić information content (AvgIpc) is 2.29. The Morgan fingerprint density at radius 2 is 1.83 bits per heavy atom. The molecule has 0 fully saturated rings. The van der Waals surface area contributed by atoms with Gasteiger partial charge in [0.05, 0.1) is 5.56 Å². The van der Waals surface area contributed by atoms with Crippen molar-refractivity contribution >= 4 is 5.69 Å². The largest absolute Gasteiger partial charge is 0.416 e. The molecule has 5 heteroatoms. The zero-order chi connectivity index (χ0) is 13.3. The number of nitrogens with two attached hydrogens (primary N) is 1. The van der Waals surface area contributed by atoms with Gasteiger partial charge in [0.15, 0.2) is 0 Å². The quantitative estimate of drug-likeness (QED) is 0.786. The molecule has 0 aliphatic heterocycles. The highest BCUT2D eigenvalue weighted by molar-refractivity contribution is 5.76. The minimum atomic E-state index is -4.37. The number of pyridine rings is 1. The molecule has 0 saturated heterocycles. The van der Waals surface area contributed by atoms with Crippen LogP contribution in [0.5, 0.6) is 0 Å². The number of nitrogens with zero attached hydrogens (tertiary/aromatic N) is 1. The maximum Gasteiger partial charge on any atom is 0.416 e. The van der Waals surface area contributed by atoms with Crippen molar-refractivity contribution in [1.82, 2.24) is 4.98 Å². The molecule has 94 valence electrons. The molecule has 1 aromatic heterocycles. The van der Waals surface area contributed by atoms with Crippen molar-refractivity contribution in [2.45, 2.75) is 13.1 Å². The second-order valence-electron chi connectivity index (χ2n) is 3.99. The van der Waals surface area contributed by atoms with Crippen LogP contribution in [0.1, 0.15) is 11.3 Å². The van der Waals surface area contributed by atoms with E-state index in [1.54, 1.807) is 19.1 Å². The van der Waals surface area contributed by atoms with Crippen LogP contribution in [-0.4, -0.2) is 4.98 Å². The molecule has 0 aliphatic carbocycles. The number of aryl methyl sites for hydroxylation is 1. The van der Waals surface area contributed by atoms with Gasteiger partial charge in [0.1, 0.15) is 0 Å². The van der Waals surface area contributed by atoms with Crippen molar-refractivity contribution in [3.63, 3.8) is 0 Å². The number of rotatable bonds is 1. The molecule has 2 aromatic rings. The molecule has 0 bridgehead atoms. The van der Waals surface area contributed by atoms with E-state index < -0.39 is 11.7 Å². The Hall–Kier alpha value is -2.04. The summed E-state index contributed by atoms with van der Waals surface area (Å²) in [6.07, 6.45) is -2.86. The summed E-state index contributed by atoms with van der Waals surface area (Å²) in [4.78, 5) is 4.05. The van der Waals surface area contributed by atoms with Gasteiger partial charge in [-0.05, 0) is 31.2 Å². The average molecular weight is 252 g/mol. The maximum atomic E-state index is 12.6. The fourth-order valence-corrected chi connectivity index (χ4v) is 1.61. The Bertz CT molecular complexity index is 559. The number of hydrogen-bond donors (Lipinski definition) is 1. The molecule has 0 spiro atoms. The molecule has 2 nitrogen and oxygen atoms in total. The Kier molecular flexibility index (Phi) is 2.98. The molecule has 18 heavy (non-hydrogen) atoms. The lowest BCUT2D eigenvalue weighted by atomic mass is 10.0. The second kappa shape index (κ2) is 4.33. The standard InChI is InChI=1S/C13H11F3N2/c1-8-2-3-9(7-18-8)11-6-10(13(14,15)16)4-5-12(11)17/h2-7H,17H2,1H3. The van der Waals surface area contributed by atoms with Crippen molar-refractivity contribution in [1.29, 1.82) is 0 Å². The van der Waals surface area contributed by atoms with Gasteiger partial charge < -0.3 is 5.73 Å². The van der Waals surface area contributed by atoms with Gasteiger partial charge in [0, 0.05) is 28.7 Å². The Balaban J connectivity index is 2.53. The number of aromatic nitrogens is 1. The lowest BCUT2D eigenvalue weighted by Crippen LogP contribution is -2.05. The van der Waals surface area contributed by atoms with E-state index in [0.717, 1.165) is 17.8 Å². The highest BCUT2D eigenvalue weighted by atomic mass is 19.4. The highest BCUT2D eigenvalue weighted by Gasteiger charge is 2.30. The van der Waals surface area contributed by atoms with E-state index in [1.807, 2.05) is 0 Å². The summed E-state index contributed by atoms with van der Waals surface area (Å²) in [7, 11) is 0. The lowest BCUT2D eigenvalue weighted by molar-refractivity contribution is -0.137. The maximum absolute atomic E-state index is 12.6. The molecule has 0 aliphatic rings. The highest BCUT2D eigenvalue weighted by Crippen LogP contribution is 2.34. The van der Waals surface area contributed by atoms with Crippen LogP contribution in [0.3, 0.4) is 0 Å². The summed E-state index contributed by atoms with van der Waals surface area (Å²) in [6, 6.07) is 6.71.